The van der Waals surface area contributed by atoms with Crippen LogP contribution in [0, 0.1) is 0 Å². The zero-order chi connectivity index (χ0) is 14.7. The number of rotatable bonds is 10. The second kappa shape index (κ2) is 10.2. The first-order chi connectivity index (χ1) is 8.81. The van der Waals surface area contributed by atoms with E-state index in [1.807, 2.05) is 13.8 Å². The van der Waals surface area contributed by atoms with Gasteiger partial charge in [0.05, 0.1) is 12.7 Å². The summed E-state index contributed by atoms with van der Waals surface area (Å²) in [6, 6.07) is 0. The van der Waals surface area contributed by atoms with Crippen LogP contribution in [-0.2, 0) is 14.3 Å². The number of nitrogens with one attached hydrogen (secondary N) is 2. The van der Waals surface area contributed by atoms with Gasteiger partial charge in [-0.3, -0.25) is 4.79 Å². The minimum atomic E-state index is -0.0666. The Hall–Kier alpha value is -0.650. The van der Waals surface area contributed by atoms with Gasteiger partial charge in [0.15, 0.2) is 0 Å². The maximum atomic E-state index is 11.3. The number of carbonyl (C=O) groups is 1. The third-order valence-corrected chi connectivity index (χ3v) is 2.24. The lowest BCUT2D eigenvalue weighted by molar-refractivity contribution is -0.127. The largest absolute Gasteiger partial charge is 0.380 e. The lowest BCUT2D eigenvalue weighted by atomic mass is 10.1. The van der Waals surface area contributed by atoms with E-state index < -0.39 is 0 Å². The minimum Gasteiger partial charge on any atom is -0.380 e. The highest BCUT2D eigenvalue weighted by Crippen LogP contribution is 1.96. The Morgan fingerprint density at radius 3 is 2.42 bits per heavy atom. The molecule has 0 fully saturated rings. The summed E-state index contributed by atoms with van der Waals surface area (Å²) in [5.41, 5.74) is 0.133. The monoisotopic (exact) mass is 274 g/mol. The lowest BCUT2D eigenvalue weighted by Crippen LogP contribution is -2.38. The molecule has 0 spiro atoms. The molecule has 19 heavy (non-hydrogen) atoms. The van der Waals surface area contributed by atoms with E-state index in [-0.39, 0.29) is 24.2 Å². The van der Waals surface area contributed by atoms with Crippen LogP contribution < -0.4 is 10.6 Å². The SMILES string of the molecule is CC(C)OCC(=O)NCCCOCCNC(C)(C)C. The molecule has 5 heteroatoms. The van der Waals surface area contributed by atoms with Crippen LogP contribution in [0.25, 0.3) is 0 Å². The van der Waals surface area contributed by atoms with E-state index >= 15 is 0 Å². The van der Waals surface area contributed by atoms with Gasteiger partial charge in [-0.1, -0.05) is 0 Å². The maximum Gasteiger partial charge on any atom is 0.246 e. The third-order valence-electron chi connectivity index (χ3n) is 2.24. The van der Waals surface area contributed by atoms with Crippen molar-refractivity contribution in [2.75, 3.05) is 32.9 Å². The molecule has 0 aromatic rings. The first-order valence-electron chi connectivity index (χ1n) is 7.02. The van der Waals surface area contributed by atoms with Crippen molar-refractivity contribution in [3.05, 3.63) is 0 Å². The van der Waals surface area contributed by atoms with Gasteiger partial charge in [-0.2, -0.15) is 0 Å². The van der Waals surface area contributed by atoms with Gasteiger partial charge in [-0.25, -0.2) is 0 Å². The molecule has 0 aliphatic carbocycles. The summed E-state index contributed by atoms with van der Waals surface area (Å²) in [6.45, 7) is 13.2. The fourth-order valence-electron chi connectivity index (χ4n) is 1.30. The second-order valence-corrected chi connectivity index (χ2v) is 5.85. The number of hydrogen-bond acceptors (Lipinski definition) is 4. The van der Waals surface area contributed by atoms with Gasteiger partial charge in [-0.15, -0.1) is 0 Å². The molecule has 0 heterocycles. The van der Waals surface area contributed by atoms with E-state index in [4.69, 9.17) is 9.47 Å². The molecule has 0 saturated carbocycles. The maximum absolute atomic E-state index is 11.3. The molecular formula is C14H30N2O3. The summed E-state index contributed by atoms with van der Waals surface area (Å²) in [7, 11) is 0. The summed E-state index contributed by atoms with van der Waals surface area (Å²) >= 11 is 0. The molecule has 114 valence electrons. The summed E-state index contributed by atoms with van der Waals surface area (Å²) in [5.74, 6) is -0.0666. The van der Waals surface area contributed by atoms with Crippen LogP contribution in [0.4, 0.5) is 0 Å². The second-order valence-electron chi connectivity index (χ2n) is 5.85. The van der Waals surface area contributed by atoms with Gasteiger partial charge < -0.3 is 20.1 Å². The van der Waals surface area contributed by atoms with Crippen LogP contribution in [-0.4, -0.2) is 50.5 Å². The fourth-order valence-corrected chi connectivity index (χ4v) is 1.30. The molecule has 0 rings (SSSR count). The average Bonchev–Trinajstić information content (AvgIpc) is 2.28. The van der Waals surface area contributed by atoms with Crippen LogP contribution in [0.5, 0.6) is 0 Å². The molecule has 0 aliphatic rings. The van der Waals surface area contributed by atoms with E-state index in [0.29, 0.717) is 19.8 Å². The molecule has 0 aliphatic heterocycles. The van der Waals surface area contributed by atoms with E-state index in [1.165, 1.54) is 0 Å². The summed E-state index contributed by atoms with van der Waals surface area (Å²) in [5, 5.41) is 6.14. The Kier molecular flexibility index (Phi) is 9.83. The van der Waals surface area contributed by atoms with Gasteiger partial charge in [-0.05, 0) is 41.0 Å². The highest BCUT2D eigenvalue weighted by Gasteiger charge is 2.07. The molecule has 0 aromatic carbocycles. The zero-order valence-electron chi connectivity index (χ0n) is 13.0. The molecule has 0 unspecified atom stereocenters. The Balaban J connectivity index is 3.25. The topological polar surface area (TPSA) is 59.6 Å². The van der Waals surface area contributed by atoms with Gasteiger partial charge >= 0.3 is 0 Å². The van der Waals surface area contributed by atoms with Gasteiger partial charge in [0.2, 0.25) is 5.91 Å². The van der Waals surface area contributed by atoms with E-state index in [9.17, 15) is 4.79 Å². The third kappa shape index (κ3) is 15.3. The molecule has 0 saturated heterocycles. The molecule has 0 atom stereocenters. The number of hydrogen-bond donors (Lipinski definition) is 2. The van der Waals surface area contributed by atoms with Crippen molar-refractivity contribution in [3.8, 4) is 0 Å². The van der Waals surface area contributed by atoms with E-state index in [1.54, 1.807) is 0 Å². The van der Waals surface area contributed by atoms with Crippen LogP contribution in [0.15, 0.2) is 0 Å². The van der Waals surface area contributed by atoms with Crippen molar-refractivity contribution in [2.24, 2.45) is 0 Å². The van der Waals surface area contributed by atoms with Crippen molar-refractivity contribution in [3.63, 3.8) is 0 Å². The number of amides is 1. The molecular weight excluding hydrogens is 244 g/mol. The predicted octanol–water partition coefficient (Wildman–Crippen LogP) is 1.32. The quantitative estimate of drug-likeness (QED) is 0.590. The van der Waals surface area contributed by atoms with Crippen LogP contribution >= 0.6 is 0 Å². The summed E-state index contributed by atoms with van der Waals surface area (Å²) in [4.78, 5) is 11.3. The van der Waals surface area contributed by atoms with Gasteiger partial charge in [0.1, 0.15) is 6.61 Å². The molecule has 0 aromatic heterocycles. The number of carbonyl (C=O) groups excluding carboxylic acids is 1. The van der Waals surface area contributed by atoms with Crippen LogP contribution in [0.2, 0.25) is 0 Å². The van der Waals surface area contributed by atoms with E-state index in [0.717, 1.165) is 13.0 Å². The predicted molar refractivity (Wildman–Crippen MR) is 77.3 cm³/mol. The first kappa shape index (κ1) is 18.4. The smallest absolute Gasteiger partial charge is 0.246 e. The summed E-state index contributed by atoms with van der Waals surface area (Å²) < 4.78 is 10.7. The molecule has 0 radical (unpaired) electrons. The van der Waals surface area contributed by atoms with Crippen LogP contribution in [0.3, 0.4) is 0 Å². The lowest BCUT2D eigenvalue weighted by Gasteiger charge is -2.20. The Labute approximate surface area is 117 Å². The standard InChI is InChI=1S/C14H30N2O3/c1-12(2)19-11-13(17)15-7-6-9-18-10-8-16-14(3,4)5/h12,16H,6-11H2,1-5H3,(H,15,17). The van der Waals surface area contributed by atoms with Crippen LogP contribution in [0.1, 0.15) is 41.0 Å². The molecule has 0 bridgehead atoms. The van der Waals surface area contributed by atoms with Crippen molar-refractivity contribution < 1.29 is 14.3 Å². The van der Waals surface area contributed by atoms with Crippen molar-refractivity contribution >= 4 is 5.91 Å². The van der Waals surface area contributed by atoms with Crippen molar-refractivity contribution in [1.29, 1.82) is 0 Å². The average molecular weight is 274 g/mol. The fraction of sp³-hybridized carbons (Fsp3) is 0.929. The normalized spacial score (nSPS) is 11.9. The highest BCUT2D eigenvalue weighted by atomic mass is 16.5. The van der Waals surface area contributed by atoms with Gasteiger partial charge in [0.25, 0.3) is 0 Å². The highest BCUT2D eigenvalue weighted by molar-refractivity contribution is 5.77. The number of ether oxygens (including phenoxy) is 2. The molecule has 5 nitrogen and oxygen atoms in total. The summed E-state index contributed by atoms with van der Waals surface area (Å²) in [6.07, 6.45) is 0.910. The molecule has 2 N–H and O–H groups in total. The molecule has 1 amide bonds. The minimum absolute atomic E-state index is 0.0666. The van der Waals surface area contributed by atoms with Gasteiger partial charge in [0, 0.05) is 25.2 Å². The van der Waals surface area contributed by atoms with Crippen molar-refractivity contribution in [2.45, 2.75) is 52.7 Å². The Morgan fingerprint density at radius 2 is 1.84 bits per heavy atom. The Bertz CT molecular complexity index is 237. The zero-order valence-corrected chi connectivity index (χ0v) is 13.0. The first-order valence-corrected chi connectivity index (χ1v) is 7.02. The van der Waals surface area contributed by atoms with Crippen molar-refractivity contribution in [1.82, 2.24) is 10.6 Å². The Morgan fingerprint density at radius 1 is 1.16 bits per heavy atom. The van der Waals surface area contributed by atoms with E-state index in [2.05, 4.69) is 31.4 Å².